The summed E-state index contributed by atoms with van der Waals surface area (Å²) in [5.41, 5.74) is 1.47. The molecule has 0 bridgehead atoms. The minimum Gasteiger partial charge on any atom is -0.323 e. The number of hydrogen-bond acceptors (Lipinski definition) is 3. The van der Waals surface area contributed by atoms with Crippen LogP contribution in [0.25, 0.3) is 0 Å². The number of aryl methyl sites for hydroxylation is 1. The van der Waals surface area contributed by atoms with Gasteiger partial charge in [0.05, 0.1) is 0 Å². The maximum atomic E-state index is 12.5. The van der Waals surface area contributed by atoms with Crippen LogP contribution in [0.4, 0.5) is 4.79 Å². The van der Waals surface area contributed by atoms with Crippen molar-refractivity contribution in [2.75, 3.05) is 13.1 Å². The Morgan fingerprint density at radius 1 is 1.19 bits per heavy atom. The molecule has 3 N–H and O–H groups in total. The molecule has 2 saturated heterocycles. The van der Waals surface area contributed by atoms with E-state index < -0.39 is 5.54 Å². The number of benzene rings is 1. The van der Waals surface area contributed by atoms with Gasteiger partial charge in [-0.2, -0.15) is 0 Å². The van der Waals surface area contributed by atoms with Crippen LogP contribution >= 0.6 is 0 Å². The van der Waals surface area contributed by atoms with E-state index in [9.17, 15) is 9.59 Å². The van der Waals surface area contributed by atoms with E-state index in [4.69, 9.17) is 0 Å². The van der Waals surface area contributed by atoms with Crippen molar-refractivity contribution in [3.05, 3.63) is 35.4 Å². The van der Waals surface area contributed by atoms with E-state index >= 15 is 0 Å². The lowest BCUT2D eigenvalue weighted by molar-refractivity contribution is -0.126. The highest BCUT2D eigenvalue weighted by Gasteiger charge is 2.51. The zero-order valence-electron chi connectivity index (χ0n) is 12.2. The Hall–Kier alpha value is -1.88. The summed E-state index contributed by atoms with van der Waals surface area (Å²) in [6, 6.07) is 7.68. The summed E-state index contributed by atoms with van der Waals surface area (Å²) in [6.45, 7) is 3.83. The third-order valence-corrected chi connectivity index (χ3v) is 4.74. The maximum Gasteiger partial charge on any atom is 0.322 e. The van der Waals surface area contributed by atoms with Crippen molar-refractivity contribution in [3.8, 4) is 0 Å². The van der Waals surface area contributed by atoms with Crippen LogP contribution in [0.2, 0.25) is 0 Å². The minimum absolute atomic E-state index is 0.171. The van der Waals surface area contributed by atoms with Gasteiger partial charge in [0.1, 0.15) is 5.54 Å². The highest BCUT2D eigenvalue weighted by Crippen LogP contribution is 2.32. The third-order valence-electron chi connectivity index (χ3n) is 4.74. The van der Waals surface area contributed by atoms with Gasteiger partial charge in [-0.25, -0.2) is 4.79 Å². The number of amides is 3. The van der Waals surface area contributed by atoms with E-state index in [1.807, 2.05) is 31.2 Å². The summed E-state index contributed by atoms with van der Waals surface area (Å²) in [5, 5.41) is 8.68. The standard InChI is InChI=1S/C16H21N3O2/c1-11-4-2-3-5-12(11)10-16(13-6-8-17-9-7-13)14(20)18-15(21)19-16/h2-5,13,17H,6-10H2,1H3,(H2,18,19,20,21)/t16-/m1/s1. The molecule has 3 rings (SSSR count). The first-order valence-electron chi connectivity index (χ1n) is 7.50. The lowest BCUT2D eigenvalue weighted by Crippen LogP contribution is -2.57. The van der Waals surface area contributed by atoms with Crippen molar-refractivity contribution in [2.24, 2.45) is 5.92 Å². The third kappa shape index (κ3) is 2.53. The summed E-state index contributed by atoms with van der Waals surface area (Å²) >= 11 is 0. The van der Waals surface area contributed by atoms with Crippen LogP contribution in [0, 0.1) is 12.8 Å². The molecule has 5 heteroatoms. The van der Waals surface area contributed by atoms with Gasteiger partial charge in [-0.1, -0.05) is 24.3 Å². The predicted molar refractivity (Wildman–Crippen MR) is 79.9 cm³/mol. The van der Waals surface area contributed by atoms with Crippen LogP contribution in [0.1, 0.15) is 24.0 Å². The first-order chi connectivity index (χ1) is 10.1. The number of carbonyl (C=O) groups is 2. The Morgan fingerprint density at radius 3 is 2.52 bits per heavy atom. The number of urea groups is 1. The number of rotatable bonds is 3. The average Bonchev–Trinajstić information content (AvgIpc) is 2.77. The normalized spacial score (nSPS) is 26.5. The summed E-state index contributed by atoms with van der Waals surface area (Å²) in [5.74, 6) is -0.00698. The van der Waals surface area contributed by atoms with Crippen LogP contribution < -0.4 is 16.0 Å². The Labute approximate surface area is 124 Å². The number of nitrogens with one attached hydrogen (secondary N) is 3. The Balaban J connectivity index is 1.94. The van der Waals surface area contributed by atoms with Gasteiger partial charge in [-0.15, -0.1) is 0 Å². The number of hydrogen-bond donors (Lipinski definition) is 3. The van der Waals surface area contributed by atoms with Crippen LogP contribution in [0.5, 0.6) is 0 Å². The summed E-state index contributed by atoms with van der Waals surface area (Å²) in [4.78, 5) is 24.2. The highest BCUT2D eigenvalue weighted by molar-refractivity contribution is 6.07. The van der Waals surface area contributed by atoms with E-state index in [0.29, 0.717) is 6.42 Å². The molecular weight excluding hydrogens is 266 g/mol. The molecule has 1 aromatic rings. The van der Waals surface area contributed by atoms with Crippen molar-refractivity contribution in [3.63, 3.8) is 0 Å². The van der Waals surface area contributed by atoms with Gasteiger partial charge in [0.2, 0.25) is 0 Å². The second kappa shape index (κ2) is 5.48. The molecule has 2 fully saturated rings. The first kappa shape index (κ1) is 14.1. The van der Waals surface area contributed by atoms with Crippen molar-refractivity contribution in [1.29, 1.82) is 0 Å². The SMILES string of the molecule is Cc1ccccc1C[C@]1(C2CCNCC2)NC(=O)NC1=O. The molecular formula is C16H21N3O2. The fraction of sp³-hybridized carbons (Fsp3) is 0.500. The van der Waals surface area contributed by atoms with Crippen LogP contribution in [-0.2, 0) is 11.2 Å². The van der Waals surface area contributed by atoms with Gasteiger partial charge in [0, 0.05) is 6.42 Å². The van der Waals surface area contributed by atoms with E-state index in [2.05, 4.69) is 16.0 Å². The lowest BCUT2D eigenvalue weighted by Gasteiger charge is -2.37. The van der Waals surface area contributed by atoms with E-state index in [0.717, 1.165) is 37.1 Å². The summed E-state index contributed by atoms with van der Waals surface area (Å²) < 4.78 is 0. The van der Waals surface area contributed by atoms with Gasteiger partial charge in [0.15, 0.2) is 0 Å². The average molecular weight is 287 g/mol. The molecule has 2 aliphatic rings. The van der Waals surface area contributed by atoms with Crippen molar-refractivity contribution < 1.29 is 9.59 Å². The van der Waals surface area contributed by atoms with Gasteiger partial charge in [-0.05, 0) is 49.9 Å². The molecule has 0 spiro atoms. The zero-order chi connectivity index (χ0) is 14.9. The smallest absolute Gasteiger partial charge is 0.322 e. The summed E-state index contributed by atoms with van der Waals surface area (Å²) in [6.07, 6.45) is 2.36. The first-order valence-corrected chi connectivity index (χ1v) is 7.50. The zero-order valence-corrected chi connectivity index (χ0v) is 12.2. The fourth-order valence-electron chi connectivity index (χ4n) is 3.49. The molecule has 0 aromatic heterocycles. The van der Waals surface area contributed by atoms with Gasteiger partial charge < -0.3 is 10.6 Å². The second-order valence-electron chi connectivity index (χ2n) is 6.01. The molecule has 21 heavy (non-hydrogen) atoms. The van der Waals surface area contributed by atoms with Crippen LogP contribution in [0.15, 0.2) is 24.3 Å². The molecule has 112 valence electrons. The van der Waals surface area contributed by atoms with Crippen LogP contribution in [0.3, 0.4) is 0 Å². The Bertz CT molecular complexity index is 566. The van der Waals surface area contributed by atoms with Crippen molar-refractivity contribution in [1.82, 2.24) is 16.0 Å². The van der Waals surface area contributed by atoms with Crippen LogP contribution in [-0.4, -0.2) is 30.6 Å². The quantitative estimate of drug-likeness (QED) is 0.730. The molecule has 0 radical (unpaired) electrons. The minimum atomic E-state index is -0.800. The Morgan fingerprint density at radius 2 is 1.90 bits per heavy atom. The summed E-state index contributed by atoms with van der Waals surface area (Å²) in [7, 11) is 0. The topological polar surface area (TPSA) is 70.2 Å². The van der Waals surface area contributed by atoms with Crippen molar-refractivity contribution >= 4 is 11.9 Å². The molecule has 0 aliphatic carbocycles. The molecule has 3 amide bonds. The Kier molecular flexibility index (Phi) is 3.68. The monoisotopic (exact) mass is 287 g/mol. The fourth-order valence-corrected chi connectivity index (χ4v) is 3.49. The maximum absolute atomic E-state index is 12.5. The van der Waals surface area contributed by atoms with Crippen molar-refractivity contribution in [2.45, 2.75) is 31.7 Å². The van der Waals surface area contributed by atoms with Gasteiger partial charge >= 0.3 is 6.03 Å². The molecule has 0 unspecified atom stereocenters. The molecule has 1 aromatic carbocycles. The number of carbonyl (C=O) groups excluding carboxylic acids is 2. The van der Waals surface area contributed by atoms with E-state index in [-0.39, 0.29) is 17.9 Å². The molecule has 1 atom stereocenters. The molecule has 5 nitrogen and oxygen atoms in total. The van der Waals surface area contributed by atoms with Gasteiger partial charge in [-0.3, -0.25) is 10.1 Å². The van der Waals surface area contributed by atoms with E-state index in [1.54, 1.807) is 0 Å². The number of imide groups is 1. The lowest BCUT2D eigenvalue weighted by atomic mass is 9.74. The largest absolute Gasteiger partial charge is 0.323 e. The molecule has 2 aliphatic heterocycles. The highest BCUT2D eigenvalue weighted by atomic mass is 16.2. The second-order valence-corrected chi connectivity index (χ2v) is 6.01. The van der Waals surface area contributed by atoms with Gasteiger partial charge in [0.25, 0.3) is 5.91 Å². The molecule has 2 heterocycles. The number of piperidine rings is 1. The molecule has 0 saturated carbocycles. The predicted octanol–water partition coefficient (Wildman–Crippen LogP) is 1.12. The van der Waals surface area contributed by atoms with E-state index in [1.165, 1.54) is 0 Å².